The van der Waals surface area contributed by atoms with Crippen molar-refractivity contribution >= 4 is 11.8 Å². The summed E-state index contributed by atoms with van der Waals surface area (Å²) < 4.78 is 25.9. The van der Waals surface area contributed by atoms with Crippen LogP contribution in [0.4, 0.5) is 8.78 Å². The van der Waals surface area contributed by atoms with Crippen LogP contribution in [-0.2, 0) is 22.7 Å². The maximum atomic E-state index is 13.0. The van der Waals surface area contributed by atoms with Crippen LogP contribution in [0.3, 0.4) is 0 Å². The third-order valence-electron chi connectivity index (χ3n) is 4.28. The number of hydrogen-bond acceptors (Lipinski definition) is 2. The lowest BCUT2D eigenvalue weighted by Crippen LogP contribution is -2.44. The van der Waals surface area contributed by atoms with E-state index in [0.717, 1.165) is 11.1 Å². The predicted octanol–water partition coefficient (Wildman–Crippen LogP) is 2.77. The lowest BCUT2D eigenvalue weighted by molar-refractivity contribution is -0.135. The van der Waals surface area contributed by atoms with E-state index < -0.39 is 6.04 Å². The van der Waals surface area contributed by atoms with Crippen LogP contribution in [0.15, 0.2) is 48.5 Å². The fraction of sp³-hybridized carbons (Fsp3) is 0.263. The van der Waals surface area contributed by atoms with Crippen LogP contribution < -0.4 is 5.32 Å². The van der Waals surface area contributed by atoms with E-state index in [1.54, 1.807) is 24.3 Å². The number of carbonyl (C=O) groups is 2. The number of halogens is 2. The van der Waals surface area contributed by atoms with Crippen molar-refractivity contribution in [2.45, 2.75) is 32.0 Å². The Kier molecular flexibility index (Phi) is 5.07. The number of likely N-dealkylation sites (tertiary alicyclic amines) is 1. The van der Waals surface area contributed by atoms with Crippen LogP contribution in [0.25, 0.3) is 0 Å². The summed E-state index contributed by atoms with van der Waals surface area (Å²) in [7, 11) is 0. The van der Waals surface area contributed by atoms with E-state index in [2.05, 4.69) is 5.32 Å². The van der Waals surface area contributed by atoms with Gasteiger partial charge in [0, 0.05) is 19.5 Å². The molecule has 1 aliphatic rings. The summed E-state index contributed by atoms with van der Waals surface area (Å²) in [5.41, 5.74) is 1.55. The molecule has 0 spiro atoms. The van der Waals surface area contributed by atoms with E-state index in [0.29, 0.717) is 12.8 Å². The fourth-order valence-electron chi connectivity index (χ4n) is 2.90. The molecule has 1 fully saturated rings. The van der Waals surface area contributed by atoms with Gasteiger partial charge in [-0.3, -0.25) is 9.59 Å². The van der Waals surface area contributed by atoms with Gasteiger partial charge < -0.3 is 10.2 Å². The van der Waals surface area contributed by atoms with Crippen molar-refractivity contribution in [3.8, 4) is 0 Å². The van der Waals surface area contributed by atoms with Gasteiger partial charge in [0.15, 0.2) is 0 Å². The van der Waals surface area contributed by atoms with Crippen LogP contribution in [0, 0.1) is 11.6 Å². The second-order valence-corrected chi connectivity index (χ2v) is 6.05. The molecule has 4 nitrogen and oxygen atoms in total. The topological polar surface area (TPSA) is 49.4 Å². The third-order valence-corrected chi connectivity index (χ3v) is 4.28. The molecule has 1 N–H and O–H groups in total. The molecule has 2 amide bonds. The zero-order chi connectivity index (χ0) is 17.8. The summed E-state index contributed by atoms with van der Waals surface area (Å²) in [6.07, 6.45) is 0.769. The highest BCUT2D eigenvalue weighted by atomic mass is 19.1. The van der Waals surface area contributed by atoms with E-state index in [-0.39, 0.29) is 36.5 Å². The van der Waals surface area contributed by atoms with Crippen molar-refractivity contribution < 1.29 is 18.4 Å². The smallest absolute Gasteiger partial charge is 0.243 e. The highest BCUT2D eigenvalue weighted by Gasteiger charge is 2.35. The number of nitrogens with one attached hydrogen (secondary N) is 1. The van der Waals surface area contributed by atoms with Crippen molar-refractivity contribution in [1.82, 2.24) is 10.2 Å². The second-order valence-electron chi connectivity index (χ2n) is 6.05. The molecule has 25 heavy (non-hydrogen) atoms. The highest BCUT2D eigenvalue weighted by Crippen LogP contribution is 2.22. The van der Waals surface area contributed by atoms with E-state index >= 15 is 0 Å². The highest BCUT2D eigenvalue weighted by molar-refractivity contribution is 5.90. The second kappa shape index (κ2) is 7.42. The molecular formula is C19H18F2N2O2. The summed E-state index contributed by atoms with van der Waals surface area (Å²) in [5, 5.41) is 2.79. The largest absolute Gasteiger partial charge is 0.350 e. The predicted molar refractivity (Wildman–Crippen MR) is 88.2 cm³/mol. The van der Waals surface area contributed by atoms with Crippen molar-refractivity contribution in [3.63, 3.8) is 0 Å². The monoisotopic (exact) mass is 344 g/mol. The van der Waals surface area contributed by atoms with Gasteiger partial charge in [-0.1, -0.05) is 24.3 Å². The molecule has 0 bridgehead atoms. The minimum atomic E-state index is -0.544. The Morgan fingerprint density at radius 1 is 1.00 bits per heavy atom. The molecule has 0 aliphatic carbocycles. The lowest BCUT2D eigenvalue weighted by atomic mass is 10.1. The Morgan fingerprint density at radius 2 is 1.56 bits per heavy atom. The van der Waals surface area contributed by atoms with Crippen molar-refractivity contribution in [1.29, 1.82) is 0 Å². The Balaban J connectivity index is 1.62. The molecule has 0 saturated carbocycles. The third kappa shape index (κ3) is 4.21. The standard InChI is InChI=1S/C19H18F2N2O2/c20-15-5-1-13(2-6-15)11-22-19(25)17-9-10-18(24)23(17)12-14-3-7-16(21)8-4-14/h1-8,17H,9-12H2,(H,22,25). The molecule has 0 aromatic heterocycles. The first-order valence-corrected chi connectivity index (χ1v) is 8.09. The number of nitrogens with zero attached hydrogens (tertiary/aromatic N) is 1. The maximum Gasteiger partial charge on any atom is 0.243 e. The van der Waals surface area contributed by atoms with Crippen LogP contribution in [-0.4, -0.2) is 22.8 Å². The van der Waals surface area contributed by atoms with Crippen LogP contribution in [0.2, 0.25) is 0 Å². The van der Waals surface area contributed by atoms with Crippen molar-refractivity contribution in [2.24, 2.45) is 0 Å². The molecule has 130 valence electrons. The Morgan fingerprint density at radius 3 is 2.16 bits per heavy atom. The van der Waals surface area contributed by atoms with Gasteiger partial charge in [0.1, 0.15) is 17.7 Å². The Bertz CT molecular complexity index is 760. The average Bonchev–Trinajstić information content (AvgIpc) is 2.97. The normalized spacial score (nSPS) is 17.0. The molecule has 1 atom stereocenters. The first kappa shape index (κ1) is 17.1. The number of benzene rings is 2. The molecule has 1 aliphatic heterocycles. The van der Waals surface area contributed by atoms with Gasteiger partial charge in [-0.25, -0.2) is 8.78 Å². The van der Waals surface area contributed by atoms with Gasteiger partial charge in [-0.15, -0.1) is 0 Å². The van der Waals surface area contributed by atoms with Gasteiger partial charge in [0.25, 0.3) is 0 Å². The van der Waals surface area contributed by atoms with Crippen LogP contribution >= 0.6 is 0 Å². The number of hydrogen-bond donors (Lipinski definition) is 1. The molecule has 1 saturated heterocycles. The molecular weight excluding hydrogens is 326 g/mol. The Hall–Kier alpha value is -2.76. The Labute approximate surface area is 144 Å². The van der Waals surface area contributed by atoms with Gasteiger partial charge in [0.2, 0.25) is 11.8 Å². The molecule has 3 rings (SSSR count). The van der Waals surface area contributed by atoms with E-state index in [4.69, 9.17) is 0 Å². The maximum absolute atomic E-state index is 13.0. The quantitative estimate of drug-likeness (QED) is 0.907. The summed E-state index contributed by atoms with van der Waals surface area (Å²) >= 11 is 0. The minimum Gasteiger partial charge on any atom is -0.350 e. The summed E-state index contributed by atoms with van der Waals surface area (Å²) in [6, 6.07) is 11.2. The van der Waals surface area contributed by atoms with E-state index in [1.165, 1.54) is 29.2 Å². The van der Waals surface area contributed by atoms with Gasteiger partial charge in [-0.05, 0) is 41.8 Å². The number of rotatable bonds is 5. The van der Waals surface area contributed by atoms with E-state index in [1.807, 2.05) is 0 Å². The first-order valence-electron chi connectivity index (χ1n) is 8.09. The number of amides is 2. The summed E-state index contributed by atoms with van der Waals surface area (Å²) in [6.45, 7) is 0.544. The average molecular weight is 344 g/mol. The van der Waals surface area contributed by atoms with E-state index in [9.17, 15) is 18.4 Å². The molecule has 1 unspecified atom stereocenters. The zero-order valence-electron chi connectivity index (χ0n) is 13.5. The molecule has 1 heterocycles. The lowest BCUT2D eigenvalue weighted by Gasteiger charge is -2.24. The van der Waals surface area contributed by atoms with Crippen LogP contribution in [0.1, 0.15) is 24.0 Å². The van der Waals surface area contributed by atoms with Crippen molar-refractivity contribution in [2.75, 3.05) is 0 Å². The summed E-state index contributed by atoms with van der Waals surface area (Å²) in [4.78, 5) is 26.1. The SMILES string of the molecule is O=C(NCc1ccc(F)cc1)C1CCC(=O)N1Cc1ccc(F)cc1. The van der Waals surface area contributed by atoms with Gasteiger partial charge in [-0.2, -0.15) is 0 Å². The fourth-order valence-corrected chi connectivity index (χ4v) is 2.90. The molecule has 6 heteroatoms. The number of carbonyl (C=O) groups excluding carboxylic acids is 2. The van der Waals surface area contributed by atoms with Crippen molar-refractivity contribution in [3.05, 3.63) is 71.3 Å². The first-order chi connectivity index (χ1) is 12.0. The molecule has 2 aromatic rings. The zero-order valence-corrected chi connectivity index (χ0v) is 13.5. The van der Waals surface area contributed by atoms with Crippen LogP contribution in [0.5, 0.6) is 0 Å². The van der Waals surface area contributed by atoms with Gasteiger partial charge >= 0.3 is 0 Å². The minimum absolute atomic E-state index is 0.0914. The summed E-state index contributed by atoms with van der Waals surface area (Å²) in [5.74, 6) is -1.00. The molecule has 2 aromatic carbocycles. The molecule has 0 radical (unpaired) electrons. The van der Waals surface area contributed by atoms with Gasteiger partial charge in [0.05, 0.1) is 0 Å².